The minimum atomic E-state index is -0.869. The number of hydrogen-bond donors (Lipinski definition) is 1. The van der Waals surface area contributed by atoms with Crippen LogP contribution in [0.15, 0.2) is 18.2 Å². The van der Waals surface area contributed by atoms with Crippen LogP contribution in [0.4, 0.5) is 0 Å². The fraction of sp³-hybridized carbons (Fsp3) is 0.579. The van der Waals surface area contributed by atoms with Crippen LogP contribution in [0.5, 0.6) is 0 Å². The summed E-state index contributed by atoms with van der Waals surface area (Å²) < 4.78 is 0. The fourth-order valence-corrected chi connectivity index (χ4v) is 3.97. The molecule has 0 bridgehead atoms. The summed E-state index contributed by atoms with van der Waals surface area (Å²) in [6.45, 7) is 7.38. The molecule has 2 saturated heterocycles. The van der Waals surface area contributed by atoms with Gasteiger partial charge in [0.1, 0.15) is 0 Å². The van der Waals surface area contributed by atoms with Crippen LogP contribution in [0.25, 0.3) is 0 Å². The van der Waals surface area contributed by atoms with E-state index in [1.807, 2.05) is 0 Å². The van der Waals surface area contributed by atoms with Crippen molar-refractivity contribution in [2.45, 2.75) is 39.2 Å². The predicted molar refractivity (Wildman–Crippen MR) is 91.8 cm³/mol. The molecule has 0 saturated carbocycles. The van der Waals surface area contributed by atoms with Crippen molar-refractivity contribution in [1.29, 1.82) is 0 Å². The van der Waals surface area contributed by atoms with Gasteiger partial charge in [-0.2, -0.15) is 0 Å². The molecule has 0 spiro atoms. The van der Waals surface area contributed by atoms with Crippen LogP contribution < -0.4 is 0 Å². The lowest BCUT2D eigenvalue weighted by Crippen LogP contribution is -2.39. The number of carboxylic acid groups (broad SMARTS) is 1. The first kappa shape index (κ1) is 17.0. The van der Waals surface area contributed by atoms with Crippen LogP contribution >= 0.6 is 0 Å². The van der Waals surface area contributed by atoms with E-state index in [-0.39, 0.29) is 18.4 Å². The predicted octanol–water partition coefficient (Wildman–Crippen LogP) is 2.37. The molecule has 0 aromatic heterocycles. The molecular formula is C19H26N2O3. The Morgan fingerprint density at radius 2 is 2.00 bits per heavy atom. The summed E-state index contributed by atoms with van der Waals surface area (Å²) in [5, 5.41) is 9.29. The monoisotopic (exact) mass is 330 g/mol. The number of hydrogen-bond acceptors (Lipinski definition) is 3. The minimum Gasteiger partial charge on any atom is -0.481 e. The summed E-state index contributed by atoms with van der Waals surface area (Å²) in [6, 6.07) is 6.27. The molecule has 0 aliphatic carbocycles. The van der Waals surface area contributed by atoms with Gasteiger partial charge in [-0.15, -0.1) is 0 Å². The average Bonchev–Trinajstić information content (AvgIpc) is 3.15. The van der Waals surface area contributed by atoms with Crippen molar-refractivity contribution < 1.29 is 14.7 Å². The number of carboxylic acids is 1. The molecule has 3 rings (SSSR count). The van der Waals surface area contributed by atoms with E-state index in [4.69, 9.17) is 0 Å². The fourth-order valence-electron chi connectivity index (χ4n) is 3.97. The summed E-state index contributed by atoms with van der Waals surface area (Å²) in [7, 11) is 0. The maximum atomic E-state index is 12.5. The third kappa shape index (κ3) is 3.46. The van der Waals surface area contributed by atoms with E-state index in [0.29, 0.717) is 6.54 Å². The largest absolute Gasteiger partial charge is 0.481 e. The molecule has 5 nitrogen and oxygen atoms in total. The zero-order chi connectivity index (χ0) is 17.3. The maximum Gasteiger partial charge on any atom is 0.308 e. The van der Waals surface area contributed by atoms with Crippen molar-refractivity contribution in [1.82, 2.24) is 9.80 Å². The van der Waals surface area contributed by atoms with E-state index in [9.17, 15) is 14.7 Å². The molecule has 1 amide bonds. The van der Waals surface area contributed by atoms with Gasteiger partial charge in [-0.25, -0.2) is 0 Å². The van der Waals surface area contributed by atoms with Gasteiger partial charge in [0.15, 0.2) is 0 Å². The number of rotatable bonds is 5. The quantitative estimate of drug-likeness (QED) is 0.900. The lowest BCUT2D eigenvalue weighted by Gasteiger charge is -2.33. The SMILES string of the molecule is Cc1ccc(C(CN2CCCC2)N2CC(C(=O)O)CC2=O)c(C)c1. The smallest absolute Gasteiger partial charge is 0.308 e. The molecule has 1 aromatic carbocycles. The second-order valence-corrected chi connectivity index (χ2v) is 7.17. The van der Waals surface area contributed by atoms with E-state index in [1.165, 1.54) is 24.0 Å². The standard InChI is InChI=1S/C19H26N2O3/c1-13-5-6-16(14(2)9-13)17(12-20-7-3-4-8-20)21-11-15(19(23)24)10-18(21)22/h5-6,9,15,17H,3-4,7-8,10-12H2,1-2H3,(H,23,24). The normalized spacial score (nSPS) is 23.0. The van der Waals surface area contributed by atoms with E-state index in [0.717, 1.165) is 25.2 Å². The Kier molecular flexibility index (Phi) is 4.90. The minimum absolute atomic E-state index is 0.0356. The maximum absolute atomic E-state index is 12.5. The van der Waals surface area contributed by atoms with Crippen LogP contribution in [0, 0.1) is 19.8 Å². The number of nitrogens with zero attached hydrogens (tertiary/aromatic N) is 2. The first-order valence-electron chi connectivity index (χ1n) is 8.77. The molecule has 2 heterocycles. The lowest BCUT2D eigenvalue weighted by atomic mass is 9.97. The van der Waals surface area contributed by atoms with Gasteiger partial charge in [0, 0.05) is 19.5 Å². The molecule has 5 heteroatoms. The molecule has 2 aliphatic heterocycles. The number of aryl methyl sites for hydroxylation is 2. The summed E-state index contributed by atoms with van der Waals surface area (Å²) in [6.07, 6.45) is 2.52. The van der Waals surface area contributed by atoms with Gasteiger partial charge in [0.2, 0.25) is 5.91 Å². The number of carbonyl (C=O) groups is 2. The third-order valence-electron chi connectivity index (χ3n) is 5.30. The van der Waals surface area contributed by atoms with Crippen molar-refractivity contribution >= 4 is 11.9 Å². The Labute approximate surface area is 143 Å². The Balaban J connectivity index is 1.89. The summed E-state index contributed by atoms with van der Waals surface area (Å²) in [5.41, 5.74) is 3.52. The first-order chi connectivity index (χ1) is 11.5. The van der Waals surface area contributed by atoms with Crippen molar-refractivity contribution in [2.75, 3.05) is 26.2 Å². The van der Waals surface area contributed by atoms with Gasteiger partial charge in [-0.3, -0.25) is 9.59 Å². The molecule has 2 atom stereocenters. The number of benzene rings is 1. The summed E-state index contributed by atoms with van der Waals surface area (Å²) in [5.74, 6) is -1.48. The molecule has 2 unspecified atom stereocenters. The van der Waals surface area contributed by atoms with Gasteiger partial charge in [-0.1, -0.05) is 23.8 Å². The number of amides is 1. The van der Waals surface area contributed by atoms with E-state index in [1.54, 1.807) is 4.90 Å². The molecule has 130 valence electrons. The van der Waals surface area contributed by atoms with Gasteiger partial charge >= 0.3 is 5.97 Å². The number of likely N-dealkylation sites (tertiary alicyclic amines) is 2. The van der Waals surface area contributed by atoms with Gasteiger partial charge in [-0.05, 0) is 50.9 Å². The van der Waals surface area contributed by atoms with Crippen LogP contribution in [0.1, 0.15) is 42.0 Å². The zero-order valence-corrected chi connectivity index (χ0v) is 14.5. The van der Waals surface area contributed by atoms with Crippen LogP contribution in [-0.2, 0) is 9.59 Å². The lowest BCUT2D eigenvalue weighted by molar-refractivity contribution is -0.141. The highest BCUT2D eigenvalue weighted by Gasteiger charge is 2.39. The van der Waals surface area contributed by atoms with Crippen LogP contribution in [0.3, 0.4) is 0 Å². The molecule has 2 aliphatic rings. The van der Waals surface area contributed by atoms with Gasteiger partial charge in [0.05, 0.1) is 12.0 Å². The highest BCUT2D eigenvalue weighted by Crippen LogP contribution is 2.32. The molecule has 2 fully saturated rings. The van der Waals surface area contributed by atoms with E-state index < -0.39 is 11.9 Å². The Morgan fingerprint density at radius 3 is 2.58 bits per heavy atom. The van der Waals surface area contributed by atoms with Crippen LogP contribution in [-0.4, -0.2) is 53.0 Å². The molecule has 24 heavy (non-hydrogen) atoms. The van der Waals surface area contributed by atoms with E-state index in [2.05, 4.69) is 36.9 Å². The molecule has 1 N–H and O–H groups in total. The second kappa shape index (κ2) is 6.93. The highest BCUT2D eigenvalue weighted by molar-refractivity contribution is 5.86. The van der Waals surface area contributed by atoms with Crippen LogP contribution in [0.2, 0.25) is 0 Å². The Hall–Kier alpha value is -1.88. The molecule has 0 radical (unpaired) electrons. The van der Waals surface area contributed by atoms with Gasteiger partial charge in [0.25, 0.3) is 0 Å². The average molecular weight is 330 g/mol. The molecule has 1 aromatic rings. The van der Waals surface area contributed by atoms with Crippen molar-refractivity contribution in [3.8, 4) is 0 Å². The second-order valence-electron chi connectivity index (χ2n) is 7.17. The Bertz CT molecular complexity index is 637. The topological polar surface area (TPSA) is 60.9 Å². The van der Waals surface area contributed by atoms with E-state index >= 15 is 0 Å². The van der Waals surface area contributed by atoms with Crippen molar-refractivity contribution in [2.24, 2.45) is 5.92 Å². The van der Waals surface area contributed by atoms with Gasteiger partial charge < -0.3 is 14.9 Å². The Morgan fingerprint density at radius 1 is 1.29 bits per heavy atom. The van der Waals surface area contributed by atoms with Crippen molar-refractivity contribution in [3.05, 3.63) is 34.9 Å². The summed E-state index contributed by atoms with van der Waals surface area (Å²) in [4.78, 5) is 28.0. The third-order valence-corrected chi connectivity index (χ3v) is 5.30. The summed E-state index contributed by atoms with van der Waals surface area (Å²) >= 11 is 0. The number of carbonyl (C=O) groups excluding carboxylic acids is 1. The van der Waals surface area contributed by atoms with Crippen molar-refractivity contribution in [3.63, 3.8) is 0 Å². The zero-order valence-electron chi connectivity index (χ0n) is 14.5. The number of aliphatic carboxylic acids is 1. The highest BCUT2D eigenvalue weighted by atomic mass is 16.4. The molecular weight excluding hydrogens is 304 g/mol. The first-order valence-corrected chi connectivity index (χ1v) is 8.77.